The molecule has 0 saturated heterocycles. The van der Waals surface area contributed by atoms with Gasteiger partial charge >= 0.3 is 0 Å². The van der Waals surface area contributed by atoms with E-state index in [4.69, 9.17) is 0 Å². The number of rotatable bonds is 3. The van der Waals surface area contributed by atoms with E-state index in [1.807, 2.05) is 0 Å². The summed E-state index contributed by atoms with van der Waals surface area (Å²) < 4.78 is 0. The molecule has 14 heavy (non-hydrogen) atoms. The van der Waals surface area contributed by atoms with E-state index >= 15 is 0 Å². The molecule has 0 aliphatic carbocycles. The molecule has 0 aromatic heterocycles. The molecule has 0 saturated carbocycles. The first kappa shape index (κ1) is 16.6. The van der Waals surface area contributed by atoms with Crippen LogP contribution >= 0.6 is 0 Å². The van der Waals surface area contributed by atoms with Gasteiger partial charge in [0.25, 0.3) is 0 Å². The van der Waals surface area contributed by atoms with E-state index in [9.17, 15) is 0 Å². The molecule has 0 N–H and O–H groups in total. The average molecular weight is 196 g/mol. The van der Waals surface area contributed by atoms with Gasteiger partial charge in [0.1, 0.15) is 15.7 Å². The van der Waals surface area contributed by atoms with E-state index in [1.54, 1.807) is 0 Å². The maximum atomic E-state index is 2.27. The third-order valence-electron chi connectivity index (χ3n) is 2.73. The van der Waals surface area contributed by atoms with E-state index < -0.39 is 0 Å². The Morgan fingerprint density at radius 1 is 1.00 bits per heavy atom. The maximum Gasteiger partial charge on any atom is 0.109 e. The SMILES string of the molecule is BC(C)(C)C(C)C.BC(C)(C)CCC. The molecule has 0 aliphatic heterocycles. The quantitative estimate of drug-likeness (QED) is 0.608. The third kappa shape index (κ3) is 14.6. The Kier molecular flexibility index (Phi) is 7.79. The Morgan fingerprint density at radius 3 is 1.29 bits per heavy atom. The van der Waals surface area contributed by atoms with Gasteiger partial charge in [-0.3, -0.25) is 0 Å². The molecule has 0 radical (unpaired) electrons. The number of hydrogen-bond donors (Lipinski definition) is 0. The van der Waals surface area contributed by atoms with Crippen LogP contribution in [0.25, 0.3) is 0 Å². The molecule has 2 heteroatoms. The minimum absolute atomic E-state index is 0.500. The second-order valence-corrected chi connectivity index (χ2v) is 6.83. The van der Waals surface area contributed by atoms with Crippen molar-refractivity contribution < 1.29 is 0 Å². The molecule has 0 aromatic rings. The van der Waals surface area contributed by atoms with Gasteiger partial charge in [0.15, 0.2) is 0 Å². The molecule has 0 aromatic carbocycles. The van der Waals surface area contributed by atoms with Crippen LogP contribution in [-0.4, -0.2) is 15.7 Å². The summed E-state index contributed by atoms with van der Waals surface area (Å²) in [5.41, 5.74) is 0. The monoisotopic (exact) mass is 196 g/mol. The lowest BCUT2D eigenvalue weighted by atomic mass is 9.65. The van der Waals surface area contributed by atoms with E-state index in [0.29, 0.717) is 10.6 Å². The van der Waals surface area contributed by atoms with Crippen molar-refractivity contribution in [3.05, 3.63) is 0 Å². The van der Waals surface area contributed by atoms with Gasteiger partial charge in [0.2, 0.25) is 0 Å². The third-order valence-corrected chi connectivity index (χ3v) is 2.73. The van der Waals surface area contributed by atoms with Crippen LogP contribution in [0.5, 0.6) is 0 Å². The summed E-state index contributed by atoms with van der Waals surface area (Å²) in [4.78, 5) is 0. The Labute approximate surface area is 94.1 Å². The Bertz CT molecular complexity index is 126. The molecule has 0 spiro atoms. The zero-order valence-corrected chi connectivity index (χ0v) is 12.0. The minimum Gasteiger partial charge on any atom is -0.0672 e. The maximum absolute atomic E-state index is 2.27. The summed E-state index contributed by atoms with van der Waals surface area (Å²) in [6.07, 6.45) is 2.65. The van der Waals surface area contributed by atoms with Crippen molar-refractivity contribution in [2.45, 2.75) is 71.9 Å². The van der Waals surface area contributed by atoms with Crippen LogP contribution in [0, 0.1) is 5.92 Å². The lowest BCUT2D eigenvalue weighted by Crippen LogP contribution is -2.09. The van der Waals surface area contributed by atoms with Crippen LogP contribution in [0.2, 0.25) is 10.6 Å². The fourth-order valence-corrected chi connectivity index (χ4v) is 0.750. The van der Waals surface area contributed by atoms with Crippen LogP contribution in [0.1, 0.15) is 61.3 Å². The van der Waals surface area contributed by atoms with E-state index in [2.05, 4.69) is 64.2 Å². The summed E-state index contributed by atoms with van der Waals surface area (Å²) in [7, 11) is 4.54. The van der Waals surface area contributed by atoms with Crippen LogP contribution in [0.3, 0.4) is 0 Å². The van der Waals surface area contributed by atoms with Crippen LogP contribution in [-0.2, 0) is 0 Å². The molecule has 0 aliphatic rings. The molecular formula is C12H30B2. The lowest BCUT2D eigenvalue weighted by Gasteiger charge is -2.22. The molecular weight excluding hydrogens is 166 g/mol. The summed E-state index contributed by atoms with van der Waals surface area (Å²) in [5.74, 6) is 0.799. The van der Waals surface area contributed by atoms with Crippen LogP contribution in [0.15, 0.2) is 0 Å². The lowest BCUT2D eigenvalue weighted by molar-refractivity contribution is 0.480. The van der Waals surface area contributed by atoms with Crippen molar-refractivity contribution in [3.63, 3.8) is 0 Å². The van der Waals surface area contributed by atoms with Gasteiger partial charge in [-0.1, -0.05) is 71.9 Å². The summed E-state index contributed by atoms with van der Waals surface area (Å²) in [5, 5.41) is 1.05. The fourth-order valence-electron chi connectivity index (χ4n) is 0.750. The standard InChI is InChI=1S/2C6H15B/c1-5(2)6(3,4)7;1-4-5-6(2,3)7/h5H,7H2,1-4H3;4-5,7H2,1-3H3. The number of hydrogen-bond acceptors (Lipinski definition) is 0. The smallest absolute Gasteiger partial charge is 0.0672 e. The van der Waals surface area contributed by atoms with Gasteiger partial charge in [-0.25, -0.2) is 0 Å². The molecule has 84 valence electrons. The highest BCUT2D eigenvalue weighted by molar-refractivity contribution is 6.14. The summed E-state index contributed by atoms with van der Waals surface area (Å²) >= 11 is 0. The molecule has 0 heterocycles. The fraction of sp³-hybridized carbons (Fsp3) is 1.00. The van der Waals surface area contributed by atoms with E-state index in [-0.39, 0.29) is 0 Å². The van der Waals surface area contributed by atoms with Gasteiger partial charge in [0, 0.05) is 0 Å². The van der Waals surface area contributed by atoms with Crippen molar-refractivity contribution in [2.24, 2.45) is 5.92 Å². The average Bonchev–Trinajstić information content (AvgIpc) is 1.82. The van der Waals surface area contributed by atoms with Crippen LogP contribution in [0.4, 0.5) is 0 Å². The van der Waals surface area contributed by atoms with Gasteiger partial charge < -0.3 is 0 Å². The van der Waals surface area contributed by atoms with Crippen LogP contribution < -0.4 is 0 Å². The molecule has 0 atom stereocenters. The first-order valence-electron chi connectivity index (χ1n) is 6.00. The highest BCUT2D eigenvalue weighted by atomic mass is 14.1. The molecule has 0 bridgehead atoms. The first-order chi connectivity index (χ1) is 6.00. The zero-order chi connectivity index (χ0) is 12.0. The van der Waals surface area contributed by atoms with Crippen molar-refractivity contribution in [1.82, 2.24) is 0 Å². The van der Waals surface area contributed by atoms with Gasteiger partial charge in [-0.15, -0.1) is 0 Å². The largest absolute Gasteiger partial charge is 0.109 e. The Balaban J connectivity index is 0. The minimum atomic E-state index is 0.500. The Hall–Kier alpha value is 0.130. The van der Waals surface area contributed by atoms with E-state index in [1.165, 1.54) is 12.8 Å². The molecule has 0 nitrogen and oxygen atoms in total. The van der Waals surface area contributed by atoms with Gasteiger partial charge in [-0.2, -0.15) is 0 Å². The zero-order valence-electron chi connectivity index (χ0n) is 12.0. The topological polar surface area (TPSA) is 0 Å². The summed E-state index contributed by atoms with van der Waals surface area (Å²) in [6.45, 7) is 15.8. The van der Waals surface area contributed by atoms with E-state index in [0.717, 1.165) is 5.92 Å². The predicted molar refractivity (Wildman–Crippen MR) is 74.9 cm³/mol. The van der Waals surface area contributed by atoms with Crippen molar-refractivity contribution in [1.29, 1.82) is 0 Å². The highest BCUT2D eigenvalue weighted by Gasteiger charge is 2.13. The van der Waals surface area contributed by atoms with Gasteiger partial charge in [0.05, 0.1) is 0 Å². The second kappa shape index (κ2) is 6.58. The van der Waals surface area contributed by atoms with Crippen molar-refractivity contribution >= 4 is 15.7 Å². The van der Waals surface area contributed by atoms with Gasteiger partial charge in [-0.05, 0) is 5.92 Å². The van der Waals surface area contributed by atoms with Crippen molar-refractivity contribution in [3.8, 4) is 0 Å². The predicted octanol–water partition coefficient (Wildman–Crippen LogP) is 3.09. The molecule has 0 amide bonds. The molecule has 0 fully saturated rings. The molecule has 0 rings (SSSR count). The normalized spacial score (nSPS) is 12.3. The highest BCUT2D eigenvalue weighted by Crippen LogP contribution is 2.28. The Morgan fingerprint density at radius 2 is 1.29 bits per heavy atom. The molecule has 0 unspecified atom stereocenters. The second-order valence-electron chi connectivity index (χ2n) is 6.83. The summed E-state index contributed by atoms with van der Waals surface area (Å²) in [6, 6.07) is 0. The van der Waals surface area contributed by atoms with Crippen molar-refractivity contribution in [2.75, 3.05) is 0 Å². The first-order valence-corrected chi connectivity index (χ1v) is 6.00.